The van der Waals surface area contributed by atoms with E-state index in [1.54, 1.807) is 36.4 Å². The number of rotatable bonds is 7. The van der Waals surface area contributed by atoms with E-state index >= 15 is 0 Å². The lowest BCUT2D eigenvalue weighted by molar-refractivity contribution is -0.306. The molecule has 0 saturated heterocycles. The van der Waals surface area contributed by atoms with Crippen LogP contribution in [0.5, 0.6) is 0 Å². The molecule has 0 aliphatic rings. The fourth-order valence-electron chi connectivity index (χ4n) is 2.39. The van der Waals surface area contributed by atoms with Crippen LogP contribution in [0, 0.1) is 0 Å². The first-order valence-electron chi connectivity index (χ1n) is 7.31. The van der Waals surface area contributed by atoms with Crippen LogP contribution in [-0.4, -0.2) is 17.8 Å². The molecule has 6 heteroatoms. The van der Waals surface area contributed by atoms with E-state index in [4.69, 9.17) is 0 Å². The molecule has 1 atom stereocenters. The molecule has 0 spiro atoms. The number of nitrogens with one attached hydrogen (secondary N) is 1. The molecule has 0 aliphatic carbocycles. The van der Waals surface area contributed by atoms with Gasteiger partial charge in [-0.25, -0.2) is 0 Å². The lowest BCUT2D eigenvalue weighted by Crippen LogP contribution is -2.26. The quantitative estimate of drug-likeness (QED) is 0.787. The van der Waals surface area contributed by atoms with Gasteiger partial charge in [0.25, 0.3) is 0 Å². The van der Waals surface area contributed by atoms with Gasteiger partial charge in [0.2, 0.25) is 5.91 Å². The summed E-state index contributed by atoms with van der Waals surface area (Å²) >= 11 is 0. The Balaban J connectivity index is 2.09. The largest absolute Gasteiger partial charge is 0.550 e. The normalized spacial score (nSPS) is 11.5. The van der Waals surface area contributed by atoms with E-state index in [-0.39, 0.29) is 18.4 Å². The van der Waals surface area contributed by atoms with Crippen molar-refractivity contribution in [1.29, 1.82) is 0 Å². The van der Waals surface area contributed by atoms with Gasteiger partial charge < -0.3 is 25.1 Å². The Hall–Kier alpha value is -3.15. The van der Waals surface area contributed by atoms with Crippen molar-refractivity contribution in [3.8, 4) is 0 Å². The third kappa shape index (κ3) is 4.95. The lowest BCUT2D eigenvalue weighted by atomic mass is 9.92. The van der Waals surface area contributed by atoms with Gasteiger partial charge in [0.15, 0.2) is 0 Å². The Morgan fingerprint density at radius 2 is 1.62 bits per heavy atom. The highest BCUT2D eigenvalue weighted by Crippen LogP contribution is 2.24. The molecule has 24 heavy (non-hydrogen) atoms. The van der Waals surface area contributed by atoms with Gasteiger partial charge in [0.05, 0.1) is 5.97 Å². The first kappa shape index (κ1) is 17.2. The average Bonchev–Trinajstić information content (AvgIpc) is 2.55. The third-order valence-corrected chi connectivity index (χ3v) is 3.50. The lowest BCUT2D eigenvalue weighted by Gasteiger charge is -2.18. The molecule has 1 amide bonds. The number of carbonyl (C=O) groups is 3. The third-order valence-electron chi connectivity index (χ3n) is 3.50. The zero-order chi connectivity index (χ0) is 17.5. The molecule has 0 fully saturated rings. The highest BCUT2D eigenvalue weighted by atomic mass is 16.4. The Bertz CT molecular complexity index is 742. The first-order valence-corrected chi connectivity index (χ1v) is 7.31. The van der Waals surface area contributed by atoms with Crippen molar-refractivity contribution in [1.82, 2.24) is 0 Å². The Morgan fingerprint density at radius 3 is 2.25 bits per heavy atom. The molecule has 124 valence electrons. The Morgan fingerprint density at radius 1 is 0.917 bits per heavy atom. The van der Waals surface area contributed by atoms with E-state index in [1.807, 2.05) is 0 Å². The molecular weight excluding hydrogens is 310 g/mol. The zero-order valence-corrected chi connectivity index (χ0v) is 12.7. The van der Waals surface area contributed by atoms with Crippen LogP contribution >= 0.6 is 0 Å². The summed E-state index contributed by atoms with van der Waals surface area (Å²) in [6.45, 7) is 0. The van der Waals surface area contributed by atoms with Crippen molar-refractivity contribution in [2.45, 2.75) is 18.8 Å². The molecule has 2 rings (SSSR count). The molecular formula is C18H15NO5-2. The topological polar surface area (TPSA) is 109 Å². The number of hydrogen-bond acceptors (Lipinski definition) is 5. The number of hydrogen-bond donors (Lipinski definition) is 1. The van der Waals surface area contributed by atoms with Crippen LogP contribution in [0.2, 0.25) is 0 Å². The molecule has 0 heterocycles. The second-order valence-electron chi connectivity index (χ2n) is 5.30. The van der Waals surface area contributed by atoms with E-state index in [2.05, 4.69) is 5.32 Å². The number of benzene rings is 2. The number of carbonyl (C=O) groups excluding carboxylic acids is 3. The number of anilines is 1. The van der Waals surface area contributed by atoms with Crippen LogP contribution in [0.25, 0.3) is 0 Å². The minimum absolute atomic E-state index is 0.0536. The number of carboxylic acids is 2. The Kier molecular flexibility index (Phi) is 5.68. The summed E-state index contributed by atoms with van der Waals surface area (Å²) in [6.07, 6.45) is -0.343. The maximum absolute atomic E-state index is 12.2. The number of aromatic carboxylic acids is 1. The van der Waals surface area contributed by atoms with Crippen LogP contribution in [0.15, 0.2) is 54.6 Å². The van der Waals surface area contributed by atoms with Crippen LogP contribution in [0.4, 0.5) is 5.69 Å². The summed E-state index contributed by atoms with van der Waals surface area (Å²) in [7, 11) is 0. The summed E-state index contributed by atoms with van der Waals surface area (Å²) in [5.41, 5.74) is 0.976. The summed E-state index contributed by atoms with van der Waals surface area (Å²) in [5, 5.41) is 24.3. The molecule has 2 aromatic carbocycles. The molecule has 0 unspecified atom stereocenters. The van der Waals surface area contributed by atoms with Gasteiger partial charge in [0, 0.05) is 18.1 Å². The maximum Gasteiger partial charge on any atom is 0.224 e. The van der Waals surface area contributed by atoms with Crippen molar-refractivity contribution in [2.24, 2.45) is 0 Å². The second-order valence-corrected chi connectivity index (χ2v) is 5.30. The number of carboxylic acid groups (broad SMARTS) is 2. The smallest absolute Gasteiger partial charge is 0.224 e. The fourth-order valence-corrected chi connectivity index (χ4v) is 2.39. The van der Waals surface area contributed by atoms with E-state index < -0.39 is 23.8 Å². The summed E-state index contributed by atoms with van der Waals surface area (Å²) < 4.78 is 0. The van der Waals surface area contributed by atoms with E-state index in [1.165, 1.54) is 18.2 Å². The van der Waals surface area contributed by atoms with Crippen molar-refractivity contribution in [3.05, 3.63) is 65.7 Å². The van der Waals surface area contributed by atoms with E-state index in [0.717, 1.165) is 5.56 Å². The van der Waals surface area contributed by atoms with Gasteiger partial charge in [0.1, 0.15) is 0 Å². The van der Waals surface area contributed by atoms with Gasteiger partial charge in [-0.1, -0.05) is 42.5 Å². The molecule has 0 radical (unpaired) electrons. The predicted molar refractivity (Wildman–Crippen MR) is 82.8 cm³/mol. The SMILES string of the molecule is O=C([O-])C[C@H](CC(=O)Nc1cccc(C(=O)[O-])c1)c1ccccc1. The predicted octanol–water partition coefficient (Wildman–Crippen LogP) is 0.302. The van der Waals surface area contributed by atoms with Gasteiger partial charge in [-0.05, 0) is 35.6 Å². The van der Waals surface area contributed by atoms with E-state index in [0.29, 0.717) is 5.69 Å². The molecule has 0 bridgehead atoms. The number of amides is 1. The standard InChI is InChI=1S/C18H17NO5/c20-16(19-15-8-4-7-13(9-15)18(23)24)10-14(11-17(21)22)12-5-2-1-3-6-12/h1-9,14H,10-11H2,(H,19,20)(H,21,22)(H,23,24)/p-2/t14-/m0/s1. The van der Waals surface area contributed by atoms with Gasteiger partial charge in [-0.15, -0.1) is 0 Å². The maximum atomic E-state index is 12.2. The monoisotopic (exact) mass is 325 g/mol. The Labute approximate surface area is 138 Å². The highest BCUT2D eigenvalue weighted by molar-refractivity contribution is 5.93. The molecule has 0 aliphatic heterocycles. The van der Waals surface area contributed by atoms with Crippen molar-refractivity contribution in [3.63, 3.8) is 0 Å². The van der Waals surface area contributed by atoms with Crippen molar-refractivity contribution in [2.75, 3.05) is 5.32 Å². The zero-order valence-electron chi connectivity index (χ0n) is 12.7. The number of aliphatic carboxylic acids is 1. The molecule has 2 aromatic rings. The van der Waals surface area contributed by atoms with Crippen molar-refractivity contribution >= 4 is 23.5 Å². The first-order chi connectivity index (χ1) is 11.5. The molecule has 0 saturated carbocycles. The molecule has 6 nitrogen and oxygen atoms in total. The minimum atomic E-state index is -1.34. The summed E-state index contributed by atoms with van der Waals surface area (Å²) in [5.74, 6) is -3.53. The van der Waals surface area contributed by atoms with Crippen LogP contribution in [-0.2, 0) is 9.59 Å². The van der Waals surface area contributed by atoms with Crippen LogP contribution < -0.4 is 15.5 Å². The second kappa shape index (κ2) is 7.92. The average molecular weight is 325 g/mol. The van der Waals surface area contributed by atoms with Crippen molar-refractivity contribution < 1.29 is 24.6 Å². The molecule has 0 aromatic heterocycles. The van der Waals surface area contributed by atoms with Crippen LogP contribution in [0.1, 0.15) is 34.7 Å². The highest BCUT2D eigenvalue weighted by Gasteiger charge is 2.16. The fraction of sp³-hybridized carbons (Fsp3) is 0.167. The summed E-state index contributed by atoms with van der Waals surface area (Å²) in [4.78, 5) is 33.9. The van der Waals surface area contributed by atoms with Gasteiger partial charge >= 0.3 is 0 Å². The van der Waals surface area contributed by atoms with E-state index in [9.17, 15) is 24.6 Å². The van der Waals surface area contributed by atoms with Crippen LogP contribution in [0.3, 0.4) is 0 Å². The summed E-state index contributed by atoms with van der Waals surface area (Å²) in [6, 6.07) is 14.5. The van der Waals surface area contributed by atoms with Gasteiger partial charge in [-0.3, -0.25) is 4.79 Å². The van der Waals surface area contributed by atoms with Gasteiger partial charge in [-0.2, -0.15) is 0 Å². The minimum Gasteiger partial charge on any atom is -0.550 e. The molecule has 1 N–H and O–H groups in total.